The highest BCUT2D eigenvalue weighted by molar-refractivity contribution is 7.89. The number of hydrogen-bond donors (Lipinski definition) is 1. The van der Waals surface area contributed by atoms with Crippen LogP contribution in [-0.4, -0.2) is 44.4 Å². The summed E-state index contributed by atoms with van der Waals surface area (Å²) in [6.45, 7) is 4.05. The third-order valence-electron chi connectivity index (χ3n) is 6.08. The Morgan fingerprint density at radius 3 is 2.63 bits per heavy atom. The lowest BCUT2D eigenvalue weighted by atomic mass is 9.87. The number of primary sulfonamides is 1. The monoisotopic (exact) mass is 501 g/mol. The van der Waals surface area contributed by atoms with Gasteiger partial charge in [-0.2, -0.15) is 10.1 Å². The average Bonchev–Trinajstić information content (AvgIpc) is 3.47. The average molecular weight is 502 g/mol. The summed E-state index contributed by atoms with van der Waals surface area (Å²) >= 11 is 0. The van der Waals surface area contributed by atoms with E-state index in [-0.39, 0.29) is 28.5 Å². The van der Waals surface area contributed by atoms with Crippen molar-refractivity contribution in [2.45, 2.75) is 62.4 Å². The zero-order valence-electron chi connectivity index (χ0n) is 19.1. The minimum atomic E-state index is -4.03. The molecule has 1 aliphatic carbocycles. The summed E-state index contributed by atoms with van der Waals surface area (Å²) in [5, 5.41) is 13.9. The van der Waals surface area contributed by atoms with Crippen molar-refractivity contribution in [1.82, 2.24) is 29.9 Å². The molecule has 13 heteroatoms. The number of sulfonamides is 1. The van der Waals surface area contributed by atoms with E-state index in [0.717, 1.165) is 37.6 Å². The van der Waals surface area contributed by atoms with Crippen molar-refractivity contribution in [3.63, 3.8) is 0 Å². The van der Waals surface area contributed by atoms with Crippen LogP contribution in [0.3, 0.4) is 0 Å². The van der Waals surface area contributed by atoms with Crippen LogP contribution in [0.1, 0.15) is 63.1 Å². The van der Waals surface area contributed by atoms with Gasteiger partial charge in [0.1, 0.15) is 29.3 Å². The summed E-state index contributed by atoms with van der Waals surface area (Å²) in [6, 6.07) is 3.35. The van der Waals surface area contributed by atoms with Crippen LogP contribution < -0.4 is 9.88 Å². The maximum Gasteiger partial charge on any atom is 0.238 e. The molecule has 2 N–H and O–H groups in total. The second-order valence-electron chi connectivity index (χ2n) is 8.87. The summed E-state index contributed by atoms with van der Waals surface area (Å²) in [7, 11) is -4.03. The molecule has 1 aromatic carbocycles. The van der Waals surface area contributed by atoms with Crippen LogP contribution >= 0.6 is 0 Å². The van der Waals surface area contributed by atoms with Gasteiger partial charge in [-0.1, -0.05) is 19.0 Å². The van der Waals surface area contributed by atoms with Crippen LogP contribution in [0.5, 0.6) is 5.88 Å². The maximum atomic E-state index is 14.7. The Labute approximate surface area is 200 Å². The number of nitrogens with two attached hydrogens (primary N) is 1. The normalized spacial score (nSPS) is 18.9. The fourth-order valence-corrected chi connectivity index (χ4v) is 4.69. The number of nitrogens with zero attached hydrogens (tertiary/aromatic N) is 6. The Bertz CT molecular complexity index is 1480. The summed E-state index contributed by atoms with van der Waals surface area (Å²) in [5.74, 6) is 1.36. The van der Waals surface area contributed by atoms with Crippen molar-refractivity contribution in [3.8, 4) is 11.6 Å². The van der Waals surface area contributed by atoms with E-state index in [1.807, 2.05) is 13.8 Å². The van der Waals surface area contributed by atoms with E-state index >= 15 is 0 Å². The zero-order valence-corrected chi connectivity index (χ0v) is 19.9. The van der Waals surface area contributed by atoms with Crippen molar-refractivity contribution in [1.29, 1.82) is 0 Å². The van der Waals surface area contributed by atoms with E-state index in [1.54, 1.807) is 0 Å². The lowest BCUT2D eigenvalue weighted by Crippen LogP contribution is -2.24. The Morgan fingerprint density at radius 1 is 1.20 bits per heavy atom. The molecule has 5 rings (SSSR count). The second-order valence-corrected chi connectivity index (χ2v) is 10.4. The van der Waals surface area contributed by atoms with Gasteiger partial charge in [0, 0.05) is 11.8 Å². The number of fused-ring (bicyclic) bond motifs is 1. The third kappa shape index (κ3) is 4.60. The number of benzene rings is 1. The number of rotatable bonds is 6. The molecule has 0 amide bonds. The van der Waals surface area contributed by atoms with Crippen LogP contribution in [-0.2, 0) is 10.0 Å². The predicted octanol–water partition coefficient (Wildman–Crippen LogP) is 3.21. The Hall–Kier alpha value is -3.45. The molecule has 1 fully saturated rings. The molecular formula is C22H24FN7O4S. The highest BCUT2D eigenvalue weighted by atomic mass is 32.2. The molecule has 0 spiro atoms. The maximum absolute atomic E-state index is 14.7. The van der Waals surface area contributed by atoms with Gasteiger partial charge >= 0.3 is 0 Å². The molecule has 0 unspecified atom stereocenters. The lowest BCUT2D eigenvalue weighted by molar-refractivity contribution is 0.135. The Morgan fingerprint density at radius 2 is 1.97 bits per heavy atom. The molecule has 0 aliphatic heterocycles. The van der Waals surface area contributed by atoms with Gasteiger partial charge in [0.25, 0.3) is 0 Å². The fourth-order valence-electron chi connectivity index (χ4n) is 4.16. The first-order valence-electron chi connectivity index (χ1n) is 11.2. The van der Waals surface area contributed by atoms with Crippen LogP contribution in [0, 0.1) is 5.82 Å². The van der Waals surface area contributed by atoms with Crippen LogP contribution in [0.4, 0.5) is 4.39 Å². The predicted molar refractivity (Wildman–Crippen MR) is 122 cm³/mol. The van der Waals surface area contributed by atoms with Gasteiger partial charge in [0.15, 0.2) is 11.5 Å². The molecule has 0 radical (unpaired) electrons. The summed E-state index contributed by atoms with van der Waals surface area (Å²) in [4.78, 5) is 12.7. The first-order chi connectivity index (χ1) is 16.7. The van der Waals surface area contributed by atoms with Crippen LogP contribution in [0.15, 0.2) is 40.1 Å². The van der Waals surface area contributed by atoms with E-state index in [1.165, 1.54) is 29.3 Å². The lowest BCUT2D eigenvalue weighted by Gasteiger charge is -2.26. The van der Waals surface area contributed by atoms with E-state index in [0.29, 0.717) is 22.8 Å². The molecule has 1 saturated carbocycles. The molecule has 4 aromatic rings. The molecule has 0 bridgehead atoms. The molecule has 1 aliphatic rings. The smallest absolute Gasteiger partial charge is 0.238 e. The highest BCUT2D eigenvalue weighted by Gasteiger charge is 2.29. The molecule has 0 saturated heterocycles. The topological polar surface area (TPSA) is 152 Å². The van der Waals surface area contributed by atoms with Crippen molar-refractivity contribution in [2.75, 3.05) is 0 Å². The van der Waals surface area contributed by atoms with Crippen LogP contribution in [0.2, 0.25) is 0 Å². The molecule has 3 heterocycles. The van der Waals surface area contributed by atoms with E-state index < -0.39 is 15.8 Å². The first kappa shape index (κ1) is 23.3. The molecule has 3 aromatic heterocycles. The minimum Gasteiger partial charge on any atom is -0.474 e. The van der Waals surface area contributed by atoms with Gasteiger partial charge in [-0.3, -0.25) is 0 Å². The van der Waals surface area contributed by atoms with Crippen molar-refractivity contribution in [3.05, 3.63) is 48.3 Å². The van der Waals surface area contributed by atoms with Gasteiger partial charge in [0.05, 0.1) is 11.1 Å². The largest absolute Gasteiger partial charge is 0.474 e. The minimum absolute atomic E-state index is 0.0258. The van der Waals surface area contributed by atoms with Gasteiger partial charge in [-0.25, -0.2) is 32.6 Å². The van der Waals surface area contributed by atoms with Crippen molar-refractivity contribution >= 4 is 21.1 Å². The van der Waals surface area contributed by atoms with E-state index in [2.05, 4.69) is 25.2 Å². The summed E-state index contributed by atoms with van der Waals surface area (Å²) in [6.07, 6.45) is 6.02. The number of halogens is 1. The molecule has 11 nitrogen and oxygen atoms in total. The van der Waals surface area contributed by atoms with Crippen LogP contribution in [0.25, 0.3) is 16.7 Å². The van der Waals surface area contributed by atoms with Gasteiger partial charge in [0.2, 0.25) is 21.8 Å². The van der Waals surface area contributed by atoms with Crippen molar-refractivity contribution in [2.24, 2.45) is 5.14 Å². The number of aromatic nitrogens is 6. The number of hydrogen-bond acceptors (Lipinski definition) is 9. The quantitative estimate of drug-likeness (QED) is 0.420. The van der Waals surface area contributed by atoms with Gasteiger partial charge in [-0.15, -0.1) is 0 Å². The SMILES string of the molecule is CC(C)c1noc(C2CCC(Oc3ncnc4c3cnn4-c3ccc(S(N)(=O)=O)cc3F)CC2)n1. The fraction of sp³-hybridized carbons (Fsp3) is 0.409. The highest BCUT2D eigenvalue weighted by Crippen LogP contribution is 2.35. The molecule has 184 valence electrons. The second kappa shape index (κ2) is 8.96. The third-order valence-corrected chi connectivity index (χ3v) is 6.99. The standard InChI is InChI=1S/C22H24FN7O4S/c1-12(2)19-28-21(34-29-19)13-3-5-14(6-4-13)33-22-16-10-27-30(20(16)25-11-26-22)18-8-7-15(9-17(18)23)35(24,31)32/h7-14H,3-6H2,1-2H3,(H2,24,31,32). The molecule has 35 heavy (non-hydrogen) atoms. The summed E-state index contributed by atoms with van der Waals surface area (Å²) < 4.78 is 50.6. The first-order valence-corrected chi connectivity index (χ1v) is 12.8. The summed E-state index contributed by atoms with van der Waals surface area (Å²) in [5.41, 5.74) is 0.357. The number of ether oxygens (including phenoxy) is 1. The van der Waals surface area contributed by atoms with E-state index in [4.69, 9.17) is 14.4 Å². The Kier molecular flexibility index (Phi) is 5.97. The van der Waals surface area contributed by atoms with Gasteiger partial charge in [-0.05, 0) is 43.9 Å². The molecular weight excluding hydrogens is 477 g/mol. The molecule has 0 atom stereocenters. The zero-order chi connectivity index (χ0) is 24.7. The van der Waals surface area contributed by atoms with E-state index in [9.17, 15) is 12.8 Å². The Balaban J connectivity index is 1.33. The van der Waals surface area contributed by atoms with Crippen molar-refractivity contribution < 1.29 is 22.1 Å². The van der Waals surface area contributed by atoms with Gasteiger partial charge < -0.3 is 9.26 Å².